The van der Waals surface area contributed by atoms with E-state index in [9.17, 15) is 4.79 Å². The molecule has 2 rings (SSSR count). The van der Waals surface area contributed by atoms with Crippen LogP contribution in [-0.2, 0) is 0 Å². The maximum Gasteiger partial charge on any atom is 0.255 e. The third-order valence-electron chi connectivity index (χ3n) is 2.83. The van der Waals surface area contributed by atoms with E-state index in [1.165, 1.54) is 0 Å². The van der Waals surface area contributed by atoms with Crippen molar-refractivity contribution in [1.29, 1.82) is 0 Å². The fourth-order valence-electron chi connectivity index (χ4n) is 1.78. The van der Waals surface area contributed by atoms with Crippen molar-refractivity contribution in [3.05, 3.63) is 59.4 Å². The summed E-state index contributed by atoms with van der Waals surface area (Å²) in [6.07, 6.45) is 3.56. The zero-order chi connectivity index (χ0) is 15.1. The minimum atomic E-state index is -0.201. The van der Waals surface area contributed by atoms with Crippen LogP contribution in [-0.4, -0.2) is 22.6 Å². The standard InChI is InChI=1S/C17H16N2O2/c1-13-5-6-14(4-2-3-11-20)16(12-13)19-17(21)15-7-9-18-10-8-15/h5-10,12,20H,3,11H2,1H3,(H,19,21). The van der Waals surface area contributed by atoms with Gasteiger partial charge in [-0.15, -0.1) is 0 Å². The van der Waals surface area contributed by atoms with Crippen LogP contribution < -0.4 is 5.32 Å². The van der Waals surface area contributed by atoms with Gasteiger partial charge in [-0.1, -0.05) is 17.9 Å². The Labute approximate surface area is 123 Å². The molecule has 0 spiro atoms. The average Bonchev–Trinajstić information content (AvgIpc) is 2.50. The number of nitrogens with zero attached hydrogens (tertiary/aromatic N) is 1. The van der Waals surface area contributed by atoms with E-state index in [4.69, 9.17) is 5.11 Å². The molecule has 2 aromatic rings. The lowest BCUT2D eigenvalue weighted by Crippen LogP contribution is -2.13. The molecule has 4 heteroatoms. The number of aliphatic hydroxyl groups excluding tert-OH is 1. The number of nitrogens with one attached hydrogen (secondary N) is 1. The summed E-state index contributed by atoms with van der Waals surface area (Å²) in [5.74, 6) is 5.62. The molecule has 0 unspecified atom stereocenters. The molecule has 0 aliphatic rings. The maximum atomic E-state index is 12.2. The van der Waals surface area contributed by atoms with Crippen LogP contribution in [0, 0.1) is 18.8 Å². The molecule has 1 aromatic heterocycles. The summed E-state index contributed by atoms with van der Waals surface area (Å²) in [6, 6.07) is 8.99. The third-order valence-corrected chi connectivity index (χ3v) is 2.83. The number of pyridine rings is 1. The summed E-state index contributed by atoms with van der Waals surface area (Å²) in [5.41, 5.74) is 2.98. The molecule has 0 atom stereocenters. The highest BCUT2D eigenvalue weighted by Gasteiger charge is 2.08. The number of aryl methyl sites for hydroxylation is 1. The zero-order valence-corrected chi connectivity index (χ0v) is 11.8. The van der Waals surface area contributed by atoms with Crippen LogP contribution in [0.3, 0.4) is 0 Å². The van der Waals surface area contributed by atoms with Gasteiger partial charge >= 0.3 is 0 Å². The van der Waals surface area contributed by atoms with Crippen LogP contribution in [0.2, 0.25) is 0 Å². The highest BCUT2D eigenvalue weighted by molar-refractivity contribution is 6.04. The zero-order valence-electron chi connectivity index (χ0n) is 11.8. The largest absolute Gasteiger partial charge is 0.395 e. The van der Waals surface area contributed by atoms with Gasteiger partial charge in [-0.3, -0.25) is 9.78 Å². The highest BCUT2D eigenvalue weighted by Crippen LogP contribution is 2.17. The Bertz CT molecular complexity index is 685. The van der Waals surface area contributed by atoms with E-state index in [0.29, 0.717) is 17.7 Å². The van der Waals surface area contributed by atoms with Gasteiger partial charge in [0.05, 0.1) is 12.3 Å². The second kappa shape index (κ2) is 7.22. The Balaban J connectivity index is 2.25. The average molecular weight is 280 g/mol. The Morgan fingerprint density at radius 3 is 2.76 bits per heavy atom. The number of anilines is 1. The number of carbonyl (C=O) groups excluding carboxylic acids is 1. The van der Waals surface area contributed by atoms with Crippen LogP contribution in [0.5, 0.6) is 0 Å². The van der Waals surface area contributed by atoms with E-state index in [1.54, 1.807) is 24.5 Å². The number of carbonyl (C=O) groups is 1. The molecule has 0 fully saturated rings. The van der Waals surface area contributed by atoms with Crippen molar-refractivity contribution in [2.45, 2.75) is 13.3 Å². The molecule has 106 valence electrons. The summed E-state index contributed by atoms with van der Waals surface area (Å²) < 4.78 is 0. The summed E-state index contributed by atoms with van der Waals surface area (Å²) in [4.78, 5) is 16.1. The number of benzene rings is 1. The first-order chi connectivity index (χ1) is 10.2. The molecule has 0 saturated heterocycles. The predicted octanol–water partition coefficient (Wildman–Crippen LogP) is 2.38. The van der Waals surface area contributed by atoms with Gasteiger partial charge in [0, 0.05) is 29.9 Å². The van der Waals surface area contributed by atoms with Crippen molar-refractivity contribution in [2.24, 2.45) is 0 Å². The number of aliphatic hydroxyl groups is 1. The monoisotopic (exact) mass is 280 g/mol. The first-order valence-electron chi connectivity index (χ1n) is 6.62. The van der Waals surface area contributed by atoms with E-state index in [-0.39, 0.29) is 12.5 Å². The Morgan fingerprint density at radius 2 is 2.05 bits per heavy atom. The number of amides is 1. The van der Waals surface area contributed by atoms with E-state index >= 15 is 0 Å². The van der Waals surface area contributed by atoms with E-state index in [1.807, 2.05) is 25.1 Å². The van der Waals surface area contributed by atoms with Gasteiger partial charge in [0.2, 0.25) is 0 Å². The Hall–Kier alpha value is -2.64. The molecule has 2 N–H and O–H groups in total. The highest BCUT2D eigenvalue weighted by atomic mass is 16.2. The first-order valence-corrected chi connectivity index (χ1v) is 6.62. The predicted molar refractivity (Wildman–Crippen MR) is 82.0 cm³/mol. The Morgan fingerprint density at radius 1 is 1.29 bits per heavy atom. The molecule has 1 aromatic carbocycles. The minimum absolute atomic E-state index is 0.0254. The van der Waals surface area contributed by atoms with Gasteiger partial charge in [0.1, 0.15) is 0 Å². The second-order valence-corrected chi connectivity index (χ2v) is 4.51. The number of rotatable bonds is 3. The van der Waals surface area contributed by atoms with Crippen molar-refractivity contribution in [3.8, 4) is 11.8 Å². The molecule has 0 saturated carbocycles. The van der Waals surface area contributed by atoms with Crippen molar-refractivity contribution in [2.75, 3.05) is 11.9 Å². The molecule has 0 radical (unpaired) electrons. The topological polar surface area (TPSA) is 62.2 Å². The van der Waals surface area contributed by atoms with Crippen molar-refractivity contribution < 1.29 is 9.90 Å². The lowest BCUT2D eigenvalue weighted by molar-refractivity contribution is 0.102. The molecule has 1 heterocycles. The van der Waals surface area contributed by atoms with Crippen LogP contribution in [0.15, 0.2) is 42.7 Å². The van der Waals surface area contributed by atoms with Gasteiger partial charge < -0.3 is 10.4 Å². The van der Waals surface area contributed by atoms with Crippen LogP contribution >= 0.6 is 0 Å². The molecule has 21 heavy (non-hydrogen) atoms. The van der Waals surface area contributed by atoms with Crippen LogP contribution in [0.1, 0.15) is 27.9 Å². The Kier molecular flexibility index (Phi) is 5.08. The SMILES string of the molecule is Cc1ccc(C#CCCO)c(NC(=O)c2ccncc2)c1. The quantitative estimate of drug-likeness (QED) is 0.849. The van der Waals surface area contributed by atoms with Crippen molar-refractivity contribution in [1.82, 2.24) is 4.98 Å². The molecule has 4 nitrogen and oxygen atoms in total. The summed E-state index contributed by atoms with van der Waals surface area (Å²) in [7, 11) is 0. The molecule has 1 amide bonds. The molecule has 0 aliphatic heterocycles. The van der Waals surface area contributed by atoms with Crippen molar-refractivity contribution >= 4 is 11.6 Å². The normalized spacial score (nSPS) is 9.62. The van der Waals surface area contributed by atoms with Gasteiger partial charge in [-0.2, -0.15) is 0 Å². The molecular formula is C17H16N2O2. The summed E-state index contributed by atoms with van der Waals surface area (Å²) >= 11 is 0. The smallest absolute Gasteiger partial charge is 0.255 e. The second-order valence-electron chi connectivity index (χ2n) is 4.51. The van der Waals surface area contributed by atoms with Crippen LogP contribution in [0.4, 0.5) is 5.69 Å². The van der Waals surface area contributed by atoms with Gasteiger partial charge in [-0.25, -0.2) is 0 Å². The number of aromatic nitrogens is 1. The number of hydrogen-bond acceptors (Lipinski definition) is 3. The lowest BCUT2D eigenvalue weighted by Gasteiger charge is -2.08. The fourth-order valence-corrected chi connectivity index (χ4v) is 1.78. The van der Waals surface area contributed by atoms with Gasteiger partial charge in [-0.05, 0) is 36.8 Å². The van der Waals surface area contributed by atoms with E-state index in [2.05, 4.69) is 22.1 Å². The molecule has 0 bridgehead atoms. The van der Waals surface area contributed by atoms with Gasteiger partial charge in [0.15, 0.2) is 0 Å². The molecular weight excluding hydrogens is 264 g/mol. The van der Waals surface area contributed by atoms with E-state index in [0.717, 1.165) is 11.1 Å². The van der Waals surface area contributed by atoms with Crippen LogP contribution in [0.25, 0.3) is 0 Å². The van der Waals surface area contributed by atoms with Gasteiger partial charge in [0.25, 0.3) is 5.91 Å². The summed E-state index contributed by atoms with van der Waals surface area (Å²) in [5, 5.41) is 11.6. The van der Waals surface area contributed by atoms with E-state index < -0.39 is 0 Å². The lowest BCUT2D eigenvalue weighted by atomic mass is 10.1. The fraction of sp³-hybridized carbons (Fsp3) is 0.176. The maximum absolute atomic E-state index is 12.2. The summed E-state index contributed by atoms with van der Waals surface area (Å²) in [6.45, 7) is 1.98. The minimum Gasteiger partial charge on any atom is -0.395 e. The third kappa shape index (κ3) is 4.16. The first kappa shape index (κ1) is 14.8. The number of hydrogen-bond donors (Lipinski definition) is 2. The molecule has 0 aliphatic carbocycles. The van der Waals surface area contributed by atoms with Crippen molar-refractivity contribution in [3.63, 3.8) is 0 Å².